The number of rotatable bonds is 6. The minimum atomic E-state index is -0.457. The number of aliphatic hydroxyl groups is 1. The van der Waals surface area contributed by atoms with Gasteiger partial charge in [-0.2, -0.15) is 0 Å². The van der Waals surface area contributed by atoms with Crippen LogP contribution in [0.3, 0.4) is 0 Å². The van der Waals surface area contributed by atoms with Crippen LogP contribution >= 0.6 is 11.3 Å². The maximum absolute atomic E-state index is 10.2. The molecule has 1 atom stereocenters. The van der Waals surface area contributed by atoms with Crippen LogP contribution < -0.4 is 0 Å². The Labute approximate surface area is 119 Å². The molecule has 0 aliphatic heterocycles. The highest BCUT2D eigenvalue weighted by Gasteiger charge is 2.11. The first-order valence-electron chi connectivity index (χ1n) is 6.81. The van der Waals surface area contributed by atoms with Crippen molar-refractivity contribution >= 4 is 11.3 Å². The average molecular weight is 275 g/mol. The molecule has 1 aromatic heterocycles. The van der Waals surface area contributed by atoms with Gasteiger partial charge in [0.15, 0.2) is 0 Å². The molecule has 2 aromatic rings. The van der Waals surface area contributed by atoms with Gasteiger partial charge in [0.05, 0.1) is 16.8 Å². The molecule has 3 heteroatoms. The van der Waals surface area contributed by atoms with Crippen molar-refractivity contribution in [2.75, 3.05) is 0 Å². The molecule has 0 spiro atoms. The summed E-state index contributed by atoms with van der Waals surface area (Å²) in [7, 11) is 0. The van der Waals surface area contributed by atoms with Crippen LogP contribution in [0, 0.1) is 5.92 Å². The normalized spacial score (nSPS) is 12.8. The van der Waals surface area contributed by atoms with Gasteiger partial charge in [0.25, 0.3) is 0 Å². The predicted octanol–water partition coefficient (Wildman–Crippen LogP) is 4.01. The van der Waals surface area contributed by atoms with Gasteiger partial charge in [-0.3, -0.25) is 0 Å². The maximum atomic E-state index is 10.2. The lowest BCUT2D eigenvalue weighted by molar-refractivity contribution is 0.177. The van der Waals surface area contributed by atoms with E-state index in [1.807, 2.05) is 30.3 Å². The van der Waals surface area contributed by atoms with Crippen LogP contribution in [0.4, 0.5) is 0 Å². The third kappa shape index (κ3) is 4.44. The van der Waals surface area contributed by atoms with Crippen molar-refractivity contribution in [1.82, 2.24) is 4.98 Å². The minimum absolute atomic E-state index is 0.457. The van der Waals surface area contributed by atoms with Crippen molar-refractivity contribution in [1.29, 1.82) is 0 Å². The fraction of sp³-hybridized carbons (Fsp3) is 0.438. The molecule has 2 nitrogen and oxygen atoms in total. The summed E-state index contributed by atoms with van der Waals surface area (Å²) in [6.45, 7) is 4.46. The zero-order valence-corrected chi connectivity index (χ0v) is 12.4. The fourth-order valence-corrected chi connectivity index (χ4v) is 2.79. The Morgan fingerprint density at radius 3 is 2.63 bits per heavy atom. The topological polar surface area (TPSA) is 33.1 Å². The van der Waals surface area contributed by atoms with Crippen molar-refractivity contribution in [2.24, 2.45) is 5.92 Å². The third-order valence-electron chi connectivity index (χ3n) is 3.12. The van der Waals surface area contributed by atoms with Crippen LogP contribution in [0.1, 0.15) is 42.6 Å². The van der Waals surface area contributed by atoms with Crippen molar-refractivity contribution in [2.45, 2.75) is 39.2 Å². The number of thiazole rings is 1. The summed E-state index contributed by atoms with van der Waals surface area (Å²) in [5.41, 5.74) is 1.96. The van der Waals surface area contributed by atoms with Gasteiger partial charge in [-0.05, 0) is 24.3 Å². The molecule has 0 aliphatic carbocycles. The van der Waals surface area contributed by atoms with Crippen LogP contribution in [0.2, 0.25) is 0 Å². The van der Waals surface area contributed by atoms with Gasteiger partial charge < -0.3 is 5.11 Å². The second kappa shape index (κ2) is 6.83. The van der Waals surface area contributed by atoms with Crippen LogP contribution in [-0.2, 0) is 12.8 Å². The summed E-state index contributed by atoms with van der Waals surface area (Å²) in [5.74, 6) is 0.710. The molecule has 2 rings (SSSR count). The highest BCUT2D eigenvalue weighted by Crippen LogP contribution is 2.20. The lowest BCUT2D eigenvalue weighted by Crippen LogP contribution is -2.02. The fourth-order valence-electron chi connectivity index (χ4n) is 1.96. The van der Waals surface area contributed by atoms with Gasteiger partial charge in [-0.15, -0.1) is 11.3 Å². The van der Waals surface area contributed by atoms with E-state index in [0.717, 1.165) is 17.7 Å². The van der Waals surface area contributed by atoms with E-state index < -0.39 is 6.10 Å². The van der Waals surface area contributed by atoms with Crippen LogP contribution in [0.5, 0.6) is 0 Å². The Morgan fingerprint density at radius 1 is 1.21 bits per heavy atom. The van der Waals surface area contributed by atoms with Gasteiger partial charge in [0.2, 0.25) is 0 Å². The number of hydrogen-bond donors (Lipinski definition) is 1. The standard InChI is InChI=1S/C16H21NOS/c1-12(2)8-9-16-17-14(11-19-16)10-15(18)13-6-4-3-5-7-13/h3-7,11-12,15,18H,8-10H2,1-2H3. The Morgan fingerprint density at radius 2 is 1.95 bits per heavy atom. The first-order valence-corrected chi connectivity index (χ1v) is 7.69. The molecule has 1 unspecified atom stereocenters. The van der Waals surface area contributed by atoms with E-state index >= 15 is 0 Å². The molecule has 0 radical (unpaired) electrons. The van der Waals surface area contributed by atoms with E-state index in [-0.39, 0.29) is 0 Å². The van der Waals surface area contributed by atoms with Gasteiger partial charge in [0.1, 0.15) is 0 Å². The Kier molecular flexibility index (Phi) is 5.11. The molecular weight excluding hydrogens is 254 g/mol. The van der Waals surface area contributed by atoms with E-state index in [4.69, 9.17) is 0 Å². The van der Waals surface area contributed by atoms with Crippen molar-refractivity contribution in [3.8, 4) is 0 Å². The number of aryl methyl sites for hydroxylation is 1. The molecular formula is C16H21NOS. The first-order chi connectivity index (χ1) is 9.15. The monoisotopic (exact) mass is 275 g/mol. The van der Waals surface area contributed by atoms with E-state index in [1.54, 1.807) is 11.3 Å². The molecule has 1 heterocycles. The van der Waals surface area contributed by atoms with Crippen LogP contribution in [0.25, 0.3) is 0 Å². The molecule has 1 aromatic carbocycles. The average Bonchev–Trinajstić information content (AvgIpc) is 2.85. The predicted molar refractivity (Wildman–Crippen MR) is 80.4 cm³/mol. The first kappa shape index (κ1) is 14.2. The molecule has 0 saturated carbocycles. The van der Waals surface area contributed by atoms with Gasteiger partial charge in [-0.1, -0.05) is 44.2 Å². The zero-order valence-electron chi connectivity index (χ0n) is 11.5. The number of benzene rings is 1. The number of aromatic nitrogens is 1. The summed E-state index contributed by atoms with van der Waals surface area (Å²) in [6, 6.07) is 9.78. The van der Waals surface area contributed by atoms with Gasteiger partial charge in [0, 0.05) is 11.8 Å². The molecule has 0 saturated heterocycles. The SMILES string of the molecule is CC(C)CCc1nc(CC(O)c2ccccc2)cs1. The highest BCUT2D eigenvalue weighted by molar-refractivity contribution is 7.09. The maximum Gasteiger partial charge on any atom is 0.0928 e. The summed E-state index contributed by atoms with van der Waals surface area (Å²) in [5, 5.41) is 13.4. The number of hydrogen-bond acceptors (Lipinski definition) is 3. The zero-order chi connectivity index (χ0) is 13.7. The van der Waals surface area contributed by atoms with Crippen molar-refractivity contribution < 1.29 is 5.11 Å². The summed E-state index contributed by atoms with van der Waals surface area (Å²) in [4.78, 5) is 4.61. The molecule has 19 heavy (non-hydrogen) atoms. The number of nitrogens with zero attached hydrogens (tertiary/aromatic N) is 1. The van der Waals surface area contributed by atoms with Crippen molar-refractivity contribution in [3.63, 3.8) is 0 Å². The van der Waals surface area contributed by atoms with E-state index in [9.17, 15) is 5.11 Å². The van der Waals surface area contributed by atoms with Crippen LogP contribution in [-0.4, -0.2) is 10.1 Å². The summed E-state index contributed by atoms with van der Waals surface area (Å²) >= 11 is 1.71. The molecule has 0 bridgehead atoms. The quantitative estimate of drug-likeness (QED) is 0.864. The molecule has 102 valence electrons. The Bertz CT molecular complexity index is 492. The summed E-state index contributed by atoms with van der Waals surface area (Å²) in [6.07, 6.45) is 2.36. The van der Waals surface area contributed by atoms with Crippen molar-refractivity contribution in [3.05, 3.63) is 52.0 Å². The molecule has 0 amide bonds. The van der Waals surface area contributed by atoms with E-state index in [1.165, 1.54) is 11.4 Å². The van der Waals surface area contributed by atoms with Gasteiger partial charge >= 0.3 is 0 Å². The molecule has 1 N–H and O–H groups in total. The lowest BCUT2D eigenvalue weighted by Gasteiger charge is -2.08. The minimum Gasteiger partial charge on any atom is -0.388 e. The van der Waals surface area contributed by atoms with Crippen LogP contribution in [0.15, 0.2) is 35.7 Å². The number of aliphatic hydroxyl groups excluding tert-OH is 1. The van der Waals surface area contributed by atoms with E-state index in [2.05, 4.69) is 24.2 Å². The second-order valence-electron chi connectivity index (χ2n) is 5.30. The van der Waals surface area contributed by atoms with Gasteiger partial charge in [-0.25, -0.2) is 4.98 Å². The Hall–Kier alpha value is -1.19. The largest absolute Gasteiger partial charge is 0.388 e. The summed E-state index contributed by atoms with van der Waals surface area (Å²) < 4.78 is 0. The second-order valence-corrected chi connectivity index (χ2v) is 6.24. The Balaban J connectivity index is 1.93. The smallest absolute Gasteiger partial charge is 0.0928 e. The molecule has 0 fully saturated rings. The highest BCUT2D eigenvalue weighted by atomic mass is 32.1. The molecule has 0 aliphatic rings. The third-order valence-corrected chi connectivity index (χ3v) is 4.08. The van der Waals surface area contributed by atoms with E-state index in [0.29, 0.717) is 12.3 Å². The lowest BCUT2D eigenvalue weighted by atomic mass is 10.1.